The van der Waals surface area contributed by atoms with Crippen molar-refractivity contribution < 1.29 is 4.79 Å². The summed E-state index contributed by atoms with van der Waals surface area (Å²) in [4.78, 5) is 11.9. The molecule has 0 spiro atoms. The third-order valence-corrected chi connectivity index (χ3v) is 3.18. The maximum absolute atomic E-state index is 11.9. The minimum Gasteiger partial charge on any atom is -0.352 e. The molecule has 0 saturated carbocycles. The van der Waals surface area contributed by atoms with E-state index in [4.69, 9.17) is 23.2 Å². The van der Waals surface area contributed by atoms with Crippen molar-refractivity contribution in [3.8, 4) is 0 Å². The van der Waals surface area contributed by atoms with Crippen molar-refractivity contribution in [2.75, 3.05) is 20.1 Å². The van der Waals surface area contributed by atoms with Crippen molar-refractivity contribution in [3.05, 3.63) is 33.8 Å². The fourth-order valence-electron chi connectivity index (χ4n) is 1.46. The fourth-order valence-corrected chi connectivity index (χ4v) is 1.85. The van der Waals surface area contributed by atoms with Crippen LogP contribution in [0.2, 0.25) is 10.0 Å². The molecule has 0 aliphatic rings. The molecule has 0 aromatic heterocycles. The van der Waals surface area contributed by atoms with Crippen molar-refractivity contribution >= 4 is 29.1 Å². The summed E-state index contributed by atoms with van der Waals surface area (Å²) < 4.78 is 0. The number of hydrogen-bond acceptors (Lipinski definition) is 2. The normalized spacial score (nSPS) is 12.2. The maximum atomic E-state index is 11.9. The van der Waals surface area contributed by atoms with Crippen LogP contribution in [0.1, 0.15) is 17.3 Å². The van der Waals surface area contributed by atoms with Crippen LogP contribution in [0.5, 0.6) is 0 Å². The third-order valence-electron chi connectivity index (χ3n) is 2.36. The molecule has 94 valence electrons. The average Bonchev–Trinajstić information content (AvgIpc) is 2.30. The standard InChI is InChI=1S/C12H16Cl2N2O/c1-8(6-15-2)7-16-12(17)9-4-3-5-10(13)11(9)14/h3-5,8,15H,6-7H2,1-2H3,(H,16,17). The van der Waals surface area contributed by atoms with Gasteiger partial charge in [-0.05, 0) is 31.6 Å². The average molecular weight is 275 g/mol. The molecule has 1 atom stereocenters. The highest BCUT2D eigenvalue weighted by atomic mass is 35.5. The van der Waals surface area contributed by atoms with Gasteiger partial charge in [-0.15, -0.1) is 0 Å². The number of nitrogens with one attached hydrogen (secondary N) is 2. The van der Waals surface area contributed by atoms with Gasteiger partial charge < -0.3 is 10.6 Å². The smallest absolute Gasteiger partial charge is 0.252 e. The van der Waals surface area contributed by atoms with E-state index in [1.54, 1.807) is 18.2 Å². The summed E-state index contributed by atoms with van der Waals surface area (Å²) in [6.45, 7) is 3.50. The van der Waals surface area contributed by atoms with E-state index in [1.807, 2.05) is 7.05 Å². The number of carbonyl (C=O) groups is 1. The Balaban J connectivity index is 2.61. The summed E-state index contributed by atoms with van der Waals surface area (Å²) >= 11 is 11.8. The molecule has 0 heterocycles. The van der Waals surface area contributed by atoms with Gasteiger partial charge >= 0.3 is 0 Å². The molecule has 0 saturated heterocycles. The molecular weight excluding hydrogens is 259 g/mol. The molecule has 1 aromatic carbocycles. The first kappa shape index (κ1) is 14.3. The molecule has 17 heavy (non-hydrogen) atoms. The van der Waals surface area contributed by atoms with Crippen LogP contribution in [0.3, 0.4) is 0 Å². The molecule has 1 aromatic rings. The van der Waals surface area contributed by atoms with Gasteiger partial charge in [0.1, 0.15) is 0 Å². The van der Waals surface area contributed by atoms with Gasteiger partial charge in [0.2, 0.25) is 0 Å². The van der Waals surface area contributed by atoms with E-state index < -0.39 is 0 Å². The van der Waals surface area contributed by atoms with Crippen LogP contribution in [-0.4, -0.2) is 26.0 Å². The predicted octanol–water partition coefficient (Wildman–Crippen LogP) is 2.58. The number of rotatable bonds is 5. The van der Waals surface area contributed by atoms with E-state index in [0.29, 0.717) is 28.1 Å². The molecule has 5 heteroatoms. The Hall–Kier alpha value is -0.770. The van der Waals surface area contributed by atoms with Crippen LogP contribution in [0.15, 0.2) is 18.2 Å². The van der Waals surface area contributed by atoms with E-state index >= 15 is 0 Å². The highest BCUT2D eigenvalue weighted by Gasteiger charge is 2.12. The zero-order valence-electron chi connectivity index (χ0n) is 9.89. The van der Waals surface area contributed by atoms with Crippen LogP contribution >= 0.6 is 23.2 Å². The zero-order chi connectivity index (χ0) is 12.8. The van der Waals surface area contributed by atoms with E-state index in [-0.39, 0.29) is 5.91 Å². The summed E-state index contributed by atoms with van der Waals surface area (Å²) in [6, 6.07) is 5.02. The Morgan fingerprint density at radius 2 is 2.06 bits per heavy atom. The number of halogens is 2. The van der Waals surface area contributed by atoms with Gasteiger partial charge in [-0.25, -0.2) is 0 Å². The number of benzene rings is 1. The minimum atomic E-state index is -0.194. The SMILES string of the molecule is CNCC(C)CNC(=O)c1cccc(Cl)c1Cl. The molecule has 3 nitrogen and oxygen atoms in total. The van der Waals surface area contributed by atoms with Gasteiger partial charge in [0.05, 0.1) is 15.6 Å². The van der Waals surface area contributed by atoms with Crippen LogP contribution < -0.4 is 10.6 Å². The highest BCUT2D eigenvalue weighted by Crippen LogP contribution is 2.25. The Bertz CT molecular complexity index is 396. The second-order valence-corrected chi connectivity index (χ2v) is 4.76. The second kappa shape index (κ2) is 6.84. The van der Waals surface area contributed by atoms with Crippen molar-refractivity contribution in [3.63, 3.8) is 0 Å². The molecule has 1 rings (SSSR count). The molecule has 2 N–H and O–H groups in total. The number of hydrogen-bond donors (Lipinski definition) is 2. The first-order chi connectivity index (χ1) is 8.06. The molecule has 0 fully saturated rings. The fraction of sp³-hybridized carbons (Fsp3) is 0.417. The maximum Gasteiger partial charge on any atom is 0.252 e. The van der Waals surface area contributed by atoms with E-state index in [0.717, 1.165) is 6.54 Å². The Morgan fingerprint density at radius 3 is 2.71 bits per heavy atom. The van der Waals surface area contributed by atoms with Crippen molar-refractivity contribution in [1.82, 2.24) is 10.6 Å². The van der Waals surface area contributed by atoms with E-state index in [9.17, 15) is 4.79 Å². The van der Waals surface area contributed by atoms with Crippen LogP contribution in [0, 0.1) is 5.92 Å². The Kier molecular flexibility index (Phi) is 5.75. The minimum absolute atomic E-state index is 0.194. The van der Waals surface area contributed by atoms with Crippen LogP contribution in [-0.2, 0) is 0 Å². The Morgan fingerprint density at radius 1 is 1.35 bits per heavy atom. The summed E-state index contributed by atoms with van der Waals surface area (Å²) in [5.74, 6) is 0.169. The predicted molar refractivity (Wildman–Crippen MR) is 71.9 cm³/mol. The molecule has 1 unspecified atom stereocenters. The lowest BCUT2D eigenvalue weighted by atomic mass is 10.1. The quantitative estimate of drug-likeness (QED) is 0.867. The van der Waals surface area contributed by atoms with Gasteiger partial charge in [-0.1, -0.05) is 36.2 Å². The summed E-state index contributed by atoms with van der Waals surface area (Å²) in [5.41, 5.74) is 0.413. The lowest BCUT2D eigenvalue weighted by molar-refractivity contribution is 0.0948. The molecule has 0 aliphatic carbocycles. The number of amides is 1. The van der Waals surface area contributed by atoms with Gasteiger partial charge in [0, 0.05) is 6.54 Å². The summed E-state index contributed by atoms with van der Waals surface area (Å²) in [6.07, 6.45) is 0. The largest absolute Gasteiger partial charge is 0.352 e. The van der Waals surface area contributed by atoms with Crippen molar-refractivity contribution in [2.45, 2.75) is 6.92 Å². The van der Waals surface area contributed by atoms with Crippen LogP contribution in [0.25, 0.3) is 0 Å². The number of carbonyl (C=O) groups excluding carboxylic acids is 1. The van der Waals surface area contributed by atoms with E-state index in [1.165, 1.54) is 0 Å². The van der Waals surface area contributed by atoms with Gasteiger partial charge in [0.15, 0.2) is 0 Å². The van der Waals surface area contributed by atoms with Gasteiger partial charge in [-0.3, -0.25) is 4.79 Å². The lowest BCUT2D eigenvalue weighted by Gasteiger charge is -2.12. The Labute approximate surface area is 111 Å². The lowest BCUT2D eigenvalue weighted by Crippen LogP contribution is -2.32. The van der Waals surface area contributed by atoms with E-state index in [2.05, 4.69) is 17.6 Å². The zero-order valence-corrected chi connectivity index (χ0v) is 11.4. The molecular formula is C12H16Cl2N2O. The molecule has 0 radical (unpaired) electrons. The molecule has 0 aliphatic heterocycles. The van der Waals surface area contributed by atoms with Crippen LogP contribution in [0.4, 0.5) is 0 Å². The third kappa shape index (κ3) is 4.19. The van der Waals surface area contributed by atoms with Crippen molar-refractivity contribution in [1.29, 1.82) is 0 Å². The summed E-state index contributed by atoms with van der Waals surface area (Å²) in [7, 11) is 1.88. The highest BCUT2D eigenvalue weighted by molar-refractivity contribution is 6.43. The topological polar surface area (TPSA) is 41.1 Å². The van der Waals surface area contributed by atoms with Gasteiger partial charge in [0.25, 0.3) is 5.91 Å². The summed E-state index contributed by atoms with van der Waals surface area (Å²) in [5, 5.41) is 6.57. The molecule has 0 bridgehead atoms. The first-order valence-corrected chi connectivity index (χ1v) is 6.18. The second-order valence-electron chi connectivity index (χ2n) is 3.97. The molecule has 1 amide bonds. The van der Waals surface area contributed by atoms with Gasteiger partial charge in [-0.2, -0.15) is 0 Å². The monoisotopic (exact) mass is 274 g/mol. The van der Waals surface area contributed by atoms with Crippen molar-refractivity contribution in [2.24, 2.45) is 5.92 Å². The first-order valence-electron chi connectivity index (χ1n) is 5.43.